The van der Waals surface area contributed by atoms with Gasteiger partial charge in [0.05, 0.1) is 0 Å². The fourth-order valence-corrected chi connectivity index (χ4v) is 2.14. The number of benzene rings is 1. The van der Waals surface area contributed by atoms with Gasteiger partial charge in [0.15, 0.2) is 0 Å². The molecule has 0 fully saturated rings. The van der Waals surface area contributed by atoms with Crippen molar-refractivity contribution >= 4 is 29.3 Å². The SMILES string of the molecule is CC(C)(C)C(O)(/C=C/c1c(Cl)cccc1Cl)CNN. The molecule has 0 radical (unpaired) electrons. The number of aliphatic hydroxyl groups is 1. The Bertz CT molecular complexity index is 449. The summed E-state index contributed by atoms with van der Waals surface area (Å²) in [5.41, 5.74) is 1.71. The lowest BCUT2D eigenvalue weighted by atomic mass is 9.76. The van der Waals surface area contributed by atoms with Crippen molar-refractivity contribution in [1.29, 1.82) is 0 Å². The fraction of sp³-hybridized carbons (Fsp3) is 0.429. The zero-order valence-corrected chi connectivity index (χ0v) is 12.9. The van der Waals surface area contributed by atoms with Crippen molar-refractivity contribution in [3.63, 3.8) is 0 Å². The van der Waals surface area contributed by atoms with Crippen LogP contribution in [0.25, 0.3) is 6.08 Å². The van der Waals surface area contributed by atoms with Gasteiger partial charge in [-0.25, -0.2) is 0 Å². The van der Waals surface area contributed by atoms with E-state index in [2.05, 4.69) is 5.43 Å². The van der Waals surface area contributed by atoms with Crippen LogP contribution in [0.3, 0.4) is 0 Å². The van der Waals surface area contributed by atoms with Crippen LogP contribution in [0, 0.1) is 5.41 Å². The van der Waals surface area contributed by atoms with E-state index in [9.17, 15) is 5.11 Å². The molecule has 3 nitrogen and oxygen atoms in total. The Balaban J connectivity index is 3.13. The minimum Gasteiger partial charge on any atom is -0.384 e. The van der Waals surface area contributed by atoms with Crippen molar-refractivity contribution in [2.75, 3.05) is 6.54 Å². The van der Waals surface area contributed by atoms with Crippen LogP contribution in [0.4, 0.5) is 0 Å². The molecule has 19 heavy (non-hydrogen) atoms. The number of hydrogen-bond acceptors (Lipinski definition) is 3. The van der Waals surface area contributed by atoms with Gasteiger partial charge >= 0.3 is 0 Å². The lowest BCUT2D eigenvalue weighted by Gasteiger charge is -2.37. The van der Waals surface area contributed by atoms with Gasteiger partial charge in [-0.15, -0.1) is 0 Å². The molecule has 1 rings (SSSR count). The van der Waals surface area contributed by atoms with Gasteiger partial charge in [0, 0.05) is 22.2 Å². The van der Waals surface area contributed by atoms with E-state index in [1.54, 1.807) is 30.4 Å². The highest BCUT2D eigenvalue weighted by atomic mass is 35.5. The van der Waals surface area contributed by atoms with Crippen LogP contribution in [0.2, 0.25) is 10.0 Å². The highest BCUT2D eigenvalue weighted by Crippen LogP contribution is 2.33. The second kappa shape index (κ2) is 6.25. The van der Waals surface area contributed by atoms with E-state index in [4.69, 9.17) is 29.0 Å². The van der Waals surface area contributed by atoms with Crippen LogP contribution in [0.5, 0.6) is 0 Å². The average molecular weight is 303 g/mol. The summed E-state index contributed by atoms with van der Waals surface area (Å²) in [4.78, 5) is 0. The summed E-state index contributed by atoms with van der Waals surface area (Å²) in [5.74, 6) is 5.34. The van der Waals surface area contributed by atoms with Crippen molar-refractivity contribution in [2.24, 2.45) is 11.3 Å². The van der Waals surface area contributed by atoms with E-state index < -0.39 is 5.60 Å². The molecule has 5 heteroatoms. The van der Waals surface area contributed by atoms with E-state index in [-0.39, 0.29) is 12.0 Å². The average Bonchev–Trinajstić information content (AvgIpc) is 2.27. The van der Waals surface area contributed by atoms with Crippen LogP contribution in [-0.2, 0) is 0 Å². The molecular formula is C14H20Cl2N2O. The van der Waals surface area contributed by atoms with Crippen LogP contribution < -0.4 is 11.3 Å². The molecule has 0 heterocycles. The first-order chi connectivity index (χ1) is 8.71. The summed E-state index contributed by atoms with van der Waals surface area (Å²) in [6.45, 7) is 6.03. The molecular weight excluding hydrogens is 283 g/mol. The second-order valence-electron chi connectivity index (χ2n) is 5.52. The first-order valence-electron chi connectivity index (χ1n) is 6.00. The number of hydrogen-bond donors (Lipinski definition) is 3. The summed E-state index contributed by atoms with van der Waals surface area (Å²) >= 11 is 12.2. The molecule has 0 amide bonds. The number of nitrogens with two attached hydrogens (primary N) is 1. The molecule has 1 atom stereocenters. The molecule has 0 aromatic heterocycles. The summed E-state index contributed by atoms with van der Waals surface area (Å²) < 4.78 is 0. The van der Waals surface area contributed by atoms with E-state index >= 15 is 0 Å². The Morgan fingerprint density at radius 1 is 1.26 bits per heavy atom. The Kier molecular flexibility index (Phi) is 5.42. The third-order valence-corrected chi connectivity index (χ3v) is 3.85. The van der Waals surface area contributed by atoms with Crippen molar-refractivity contribution in [3.8, 4) is 0 Å². The minimum absolute atomic E-state index is 0.231. The summed E-state index contributed by atoms with van der Waals surface area (Å²) in [7, 11) is 0. The van der Waals surface area contributed by atoms with E-state index in [0.717, 1.165) is 0 Å². The maximum Gasteiger partial charge on any atom is 0.102 e. The third kappa shape index (κ3) is 3.94. The fourth-order valence-electron chi connectivity index (χ4n) is 1.62. The quantitative estimate of drug-likeness (QED) is 0.591. The molecule has 0 spiro atoms. The Labute approximate surface area is 124 Å². The number of hydrazine groups is 1. The number of nitrogens with one attached hydrogen (secondary N) is 1. The molecule has 0 aliphatic rings. The van der Waals surface area contributed by atoms with Gasteiger partial charge < -0.3 is 5.11 Å². The highest BCUT2D eigenvalue weighted by Gasteiger charge is 2.37. The topological polar surface area (TPSA) is 58.3 Å². The van der Waals surface area contributed by atoms with Crippen molar-refractivity contribution in [3.05, 3.63) is 39.9 Å². The Morgan fingerprint density at radius 3 is 2.21 bits per heavy atom. The molecule has 1 aromatic rings. The van der Waals surface area contributed by atoms with Crippen LogP contribution in [0.1, 0.15) is 26.3 Å². The zero-order valence-electron chi connectivity index (χ0n) is 11.4. The Morgan fingerprint density at radius 2 is 1.79 bits per heavy atom. The Hall–Kier alpha value is -0.580. The molecule has 0 saturated carbocycles. The van der Waals surface area contributed by atoms with Crippen molar-refractivity contribution < 1.29 is 5.11 Å². The van der Waals surface area contributed by atoms with Crippen LogP contribution >= 0.6 is 23.2 Å². The third-order valence-electron chi connectivity index (χ3n) is 3.20. The lowest BCUT2D eigenvalue weighted by molar-refractivity contribution is -0.0116. The predicted octanol–water partition coefficient (Wildman–Crippen LogP) is 3.25. The first-order valence-corrected chi connectivity index (χ1v) is 6.76. The molecule has 0 bridgehead atoms. The summed E-state index contributed by atoms with van der Waals surface area (Å²) in [6, 6.07) is 5.29. The molecule has 0 aliphatic heterocycles. The van der Waals surface area contributed by atoms with Gasteiger partial charge in [-0.1, -0.05) is 62.2 Å². The van der Waals surface area contributed by atoms with E-state index in [1.165, 1.54) is 0 Å². The number of rotatable bonds is 4. The summed E-state index contributed by atoms with van der Waals surface area (Å²) in [5, 5.41) is 11.8. The molecule has 106 valence electrons. The maximum absolute atomic E-state index is 10.7. The van der Waals surface area contributed by atoms with E-state index in [1.807, 2.05) is 20.8 Å². The van der Waals surface area contributed by atoms with Gasteiger partial charge in [0.2, 0.25) is 0 Å². The largest absolute Gasteiger partial charge is 0.384 e. The standard InChI is InChI=1S/C14H20Cl2N2O/c1-13(2,3)14(19,9-18-17)8-7-10-11(15)5-4-6-12(10)16/h4-8,18-19H,9,17H2,1-3H3/b8-7+. The summed E-state index contributed by atoms with van der Waals surface area (Å²) in [6.07, 6.45) is 3.41. The minimum atomic E-state index is -1.11. The lowest BCUT2D eigenvalue weighted by Crippen LogP contribution is -2.50. The zero-order chi connectivity index (χ0) is 14.7. The molecule has 1 aromatic carbocycles. The molecule has 4 N–H and O–H groups in total. The van der Waals surface area contributed by atoms with Crippen molar-refractivity contribution in [1.82, 2.24) is 5.43 Å². The van der Waals surface area contributed by atoms with Gasteiger partial charge in [0.1, 0.15) is 5.60 Å². The maximum atomic E-state index is 10.7. The smallest absolute Gasteiger partial charge is 0.102 e. The van der Waals surface area contributed by atoms with Gasteiger partial charge in [-0.05, 0) is 17.5 Å². The normalized spacial score (nSPS) is 15.7. The molecule has 1 unspecified atom stereocenters. The molecule has 0 aliphatic carbocycles. The first kappa shape index (κ1) is 16.5. The van der Waals surface area contributed by atoms with Gasteiger partial charge in [-0.3, -0.25) is 11.3 Å². The molecule has 0 saturated heterocycles. The van der Waals surface area contributed by atoms with Gasteiger partial charge in [-0.2, -0.15) is 0 Å². The van der Waals surface area contributed by atoms with Crippen LogP contribution in [-0.4, -0.2) is 17.3 Å². The van der Waals surface area contributed by atoms with E-state index in [0.29, 0.717) is 15.6 Å². The van der Waals surface area contributed by atoms with Crippen LogP contribution in [0.15, 0.2) is 24.3 Å². The second-order valence-corrected chi connectivity index (χ2v) is 6.34. The van der Waals surface area contributed by atoms with Gasteiger partial charge in [0.25, 0.3) is 0 Å². The predicted molar refractivity (Wildman–Crippen MR) is 82.1 cm³/mol. The number of halogens is 2. The van der Waals surface area contributed by atoms with Crippen molar-refractivity contribution in [2.45, 2.75) is 26.4 Å². The monoisotopic (exact) mass is 302 g/mol. The highest BCUT2D eigenvalue weighted by molar-refractivity contribution is 6.37.